The molecule has 0 radical (unpaired) electrons. The van der Waals surface area contributed by atoms with Crippen molar-refractivity contribution in [3.63, 3.8) is 0 Å². The third-order valence-electron chi connectivity index (χ3n) is 4.34. The molecule has 27 heavy (non-hydrogen) atoms. The van der Waals surface area contributed by atoms with Gasteiger partial charge in [0.2, 0.25) is 0 Å². The van der Waals surface area contributed by atoms with Crippen molar-refractivity contribution in [1.29, 1.82) is 0 Å². The van der Waals surface area contributed by atoms with Crippen LogP contribution in [0.1, 0.15) is 17.2 Å². The summed E-state index contributed by atoms with van der Waals surface area (Å²) in [5.41, 5.74) is 2.28. The van der Waals surface area contributed by atoms with E-state index in [4.69, 9.17) is 4.74 Å². The molecule has 0 bridgehead atoms. The van der Waals surface area contributed by atoms with Gasteiger partial charge in [0, 0.05) is 32.4 Å². The number of morpholine rings is 1. The largest absolute Gasteiger partial charge is 0.378 e. The Kier molecular flexibility index (Phi) is 6.94. The molecule has 1 aliphatic heterocycles. The first kappa shape index (κ1) is 19.5. The normalized spacial score (nSPS) is 14.2. The van der Waals surface area contributed by atoms with Gasteiger partial charge in [-0.2, -0.15) is 16.9 Å². The second kappa shape index (κ2) is 9.61. The van der Waals surface area contributed by atoms with E-state index < -0.39 is 0 Å². The van der Waals surface area contributed by atoms with Gasteiger partial charge >= 0.3 is 6.03 Å². The van der Waals surface area contributed by atoms with Crippen LogP contribution in [0, 0.1) is 0 Å². The molecule has 2 N–H and O–H groups in total. The van der Waals surface area contributed by atoms with E-state index in [0.717, 1.165) is 43.4 Å². The van der Waals surface area contributed by atoms with Gasteiger partial charge in [-0.05, 0) is 24.0 Å². The maximum atomic E-state index is 12.3. The fourth-order valence-corrected chi connectivity index (χ4v) is 3.27. The van der Waals surface area contributed by atoms with E-state index in [1.165, 1.54) is 5.69 Å². The number of benzene rings is 1. The summed E-state index contributed by atoms with van der Waals surface area (Å²) < 4.78 is 5.39. The molecule has 146 valence electrons. The van der Waals surface area contributed by atoms with Crippen LogP contribution in [0.25, 0.3) is 0 Å². The van der Waals surface area contributed by atoms with Crippen LogP contribution >= 0.6 is 11.8 Å². The van der Waals surface area contributed by atoms with Crippen LogP contribution in [0.4, 0.5) is 10.5 Å². The number of thioether (sulfide) groups is 1. The van der Waals surface area contributed by atoms with Crippen LogP contribution in [0.15, 0.2) is 24.3 Å². The van der Waals surface area contributed by atoms with Gasteiger partial charge in [0.25, 0.3) is 0 Å². The zero-order valence-electron chi connectivity index (χ0n) is 15.8. The number of nitrogens with zero attached hydrogens (tertiary/aromatic N) is 4. The number of amides is 2. The third kappa shape index (κ3) is 5.61. The van der Waals surface area contributed by atoms with E-state index in [0.29, 0.717) is 18.9 Å². The first-order valence-corrected chi connectivity index (χ1v) is 10.3. The average Bonchev–Trinajstić information content (AvgIpc) is 3.15. The summed E-state index contributed by atoms with van der Waals surface area (Å²) in [6, 6.07) is 8.21. The van der Waals surface area contributed by atoms with Gasteiger partial charge in [0.1, 0.15) is 5.82 Å². The number of H-pyrrole nitrogens is 1. The van der Waals surface area contributed by atoms with Gasteiger partial charge in [-0.3, -0.25) is 5.10 Å². The lowest BCUT2D eigenvalue weighted by Gasteiger charge is -2.29. The molecule has 0 saturated carbocycles. The van der Waals surface area contributed by atoms with Crippen molar-refractivity contribution in [2.24, 2.45) is 0 Å². The Labute approximate surface area is 163 Å². The van der Waals surface area contributed by atoms with Gasteiger partial charge in [-0.25, -0.2) is 9.78 Å². The number of nitrogens with one attached hydrogen (secondary N) is 2. The minimum absolute atomic E-state index is 0.143. The van der Waals surface area contributed by atoms with Crippen LogP contribution in [-0.4, -0.2) is 65.7 Å². The summed E-state index contributed by atoms with van der Waals surface area (Å²) in [4.78, 5) is 20.6. The zero-order chi connectivity index (χ0) is 19.1. The molecule has 2 amide bonds. The Morgan fingerprint density at radius 1 is 1.33 bits per heavy atom. The van der Waals surface area contributed by atoms with Crippen LogP contribution in [0.5, 0.6) is 0 Å². The average molecular weight is 391 g/mol. The molecule has 1 aromatic heterocycles. The number of anilines is 1. The Morgan fingerprint density at radius 3 is 2.78 bits per heavy atom. The standard InChI is InChI=1S/C18H26N6O2S/c1-23(18(25)19-11-16-20-17(13-27-2)22-21-16)12-14-3-5-15(6-4-14)24-7-9-26-10-8-24/h3-6H,7-13H2,1-2H3,(H,19,25)(H,20,21,22). The number of hydrogen-bond donors (Lipinski definition) is 2. The molecule has 1 fully saturated rings. The highest BCUT2D eigenvalue weighted by molar-refractivity contribution is 7.97. The summed E-state index contributed by atoms with van der Waals surface area (Å²) in [6.07, 6.45) is 2.00. The fraction of sp³-hybridized carbons (Fsp3) is 0.500. The van der Waals surface area contributed by atoms with E-state index in [9.17, 15) is 4.79 Å². The van der Waals surface area contributed by atoms with Gasteiger partial charge < -0.3 is 19.9 Å². The molecule has 8 nitrogen and oxygen atoms in total. The highest BCUT2D eigenvalue weighted by Gasteiger charge is 2.13. The Morgan fingerprint density at radius 2 is 2.07 bits per heavy atom. The number of rotatable bonds is 7. The first-order valence-electron chi connectivity index (χ1n) is 8.95. The van der Waals surface area contributed by atoms with Crippen molar-refractivity contribution in [2.45, 2.75) is 18.8 Å². The topological polar surface area (TPSA) is 86.4 Å². The van der Waals surface area contributed by atoms with Gasteiger partial charge in [-0.15, -0.1) is 0 Å². The number of aromatic nitrogens is 3. The van der Waals surface area contributed by atoms with Crippen molar-refractivity contribution in [3.05, 3.63) is 41.5 Å². The summed E-state index contributed by atoms with van der Waals surface area (Å²) in [7, 11) is 1.78. The number of urea groups is 1. The molecule has 1 aliphatic rings. The van der Waals surface area contributed by atoms with Crippen LogP contribution in [0.3, 0.4) is 0 Å². The summed E-state index contributed by atoms with van der Waals surface area (Å²) in [5, 5.41) is 9.82. The van der Waals surface area contributed by atoms with Crippen LogP contribution < -0.4 is 10.2 Å². The lowest BCUT2D eigenvalue weighted by molar-refractivity contribution is 0.122. The number of carbonyl (C=O) groups is 1. The number of hydrogen-bond acceptors (Lipinski definition) is 6. The molecule has 0 aliphatic carbocycles. The quantitative estimate of drug-likeness (QED) is 0.750. The molecule has 1 saturated heterocycles. The van der Waals surface area contributed by atoms with Crippen molar-refractivity contribution < 1.29 is 9.53 Å². The molecule has 0 atom stereocenters. The van der Waals surface area contributed by atoms with Crippen molar-refractivity contribution in [2.75, 3.05) is 44.5 Å². The second-order valence-corrected chi connectivity index (χ2v) is 7.28. The summed E-state index contributed by atoms with van der Waals surface area (Å²) in [5.74, 6) is 2.17. The van der Waals surface area contributed by atoms with Gasteiger partial charge in [-0.1, -0.05) is 12.1 Å². The molecular weight excluding hydrogens is 364 g/mol. The minimum atomic E-state index is -0.143. The van der Waals surface area contributed by atoms with E-state index in [-0.39, 0.29) is 6.03 Å². The summed E-state index contributed by atoms with van der Waals surface area (Å²) >= 11 is 1.66. The monoisotopic (exact) mass is 390 g/mol. The Balaban J connectivity index is 1.47. The zero-order valence-corrected chi connectivity index (χ0v) is 16.6. The number of carbonyl (C=O) groups excluding carboxylic acids is 1. The smallest absolute Gasteiger partial charge is 0.317 e. The molecule has 1 aromatic carbocycles. The highest BCUT2D eigenvalue weighted by atomic mass is 32.2. The third-order valence-corrected chi connectivity index (χ3v) is 4.88. The molecule has 9 heteroatoms. The molecule has 0 spiro atoms. The molecule has 2 heterocycles. The maximum absolute atomic E-state index is 12.3. The van der Waals surface area contributed by atoms with E-state index >= 15 is 0 Å². The predicted octanol–water partition coefficient (Wildman–Crippen LogP) is 1.85. The SMILES string of the molecule is CSCc1n[nH]c(CNC(=O)N(C)Cc2ccc(N3CCOCC3)cc2)n1. The lowest BCUT2D eigenvalue weighted by atomic mass is 10.2. The van der Waals surface area contributed by atoms with Gasteiger partial charge in [0.05, 0.1) is 25.5 Å². The lowest BCUT2D eigenvalue weighted by Crippen LogP contribution is -2.37. The molecular formula is C18H26N6O2S. The van der Waals surface area contributed by atoms with E-state index in [2.05, 4.69) is 49.7 Å². The van der Waals surface area contributed by atoms with Crippen molar-refractivity contribution in [3.8, 4) is 0 Å². The Hall–Kier alpha value is -2.26. The maximum Gasteiger partial charge on any atom is 0.317 e. The van der Waals surface area contributed by atoms with Crippen molar-refractivity contribution in [1.82, 2.24) is 25.4 Å². The fourth-order valence-electron chi connectivity index (χ4n) is 2.88. The number of ether oxygens (including phenoxy) is 1. The van der Waals surface area contributed by atoms with Crippen molar-refractivity contribution >= 4 is 23.5 Å². The summed E-state index contributed by atoms with van der Waals surface area (Å²) in [6.45, 7) is 4.26. The molecule has 0 unspecified atom stereocenters. The van der Waals surface area contributed by atoms with E-state index in [1.807, 2.05) is 6.26 Å². The minimum Gasteiger partial charge on any atom is -0.378 e. The molecule has 3 rings (SSSR count). The second-order valence-electron chi connectivity index (χ2n) is 6.41. The highest BCUT2D eigenvalue weighted by Crippen LogP contribution is 2.17. The van der Waals surface area contributed by atoms with Crippen LogP contribution in [0.2, 0.25) is 0 Å². The first-order chi connectivity index (χ1) is 13.2. The Bertz CT molecular complexity index is 730. The van der Waals surface area contributed by atoms with Gasteiger partial charge in [0.15, 0.2) is 5.82 Å². The number of aromatic amines is 1. The van der Waals surface area contributed by atoms with Crippen LogP contribution in [-0.2, 0) is 23.6 Å². The molecule has 2 aromatic rings. The predicted molar refractivity (Wildman–Crippen MR) is 107 cm³/mol. The van der Waals surface area contributed by atoms with E-state index in [1.54, 1.807) is 23.7 Å².